The van der Waals surface area contributed by atoms with Crippen molar-refractivity contribution >= 4 is 17.3 Å². The largest absolute Gasteiger partial charge is 0.398 e. The van der Waals surface area contributed by atoms with Crippen molar-refractivity contribution in [3.8, 4) is 0 Å². The quantitative estimate of drug-likeness (QED) is 0.500. The first-order chi connectivity index (χ1) is 9.49. The summed E-state index contributed by atoms with van der Waals surface area (Å²) in [5, 5.41) is 2.97. The lowest BCUT2D eigenvalue weighted by Gasteiger charge is -2.18. The van der Waals surface area contributed by atoms with Gasteiger partial charge in [-0.15, -0.1) is 0 Å². The molecular weight excluding hydrogens is 259 g/mol. The Kier molecular flexibility index (Phi) is 6.24. The fourth-order valence-electron chi connectivity index (χ4n) is 2.00. The molecule has 0 atom stereocenters. The molecule has 0 radical (unpaired) electrons. The first-order valence-corrected chi connectivity index (χ1v) is 6.84. The summed E-state index contributed by atoms with van der Waals surface area (Å²) in [4.78, 5) is 13.5. The maximum absolute atomic E-state index is 13.7. The highest BCUT2D eigenvalue weighted by molar-refractivity contribution is 5.99. The minimum absolute atomic E-state index is 0.0590. The van der Waals surface area contributed by atoms with Crippen LogP contribution in [0.4, 0.5) is 15.8 Å². The second kappa shape index (κ2) is 7.69. The number of primary amides is 1. The highest BCUT2D eigenvalue weighted by Crippen LogP contribution is 2.21. The van der Waals surface area contributed by atoms with Gasteiger partial charge in [-0.1, -0.05) is 13.8 Å². The van der Waals surface area contributed by atoms with Crippen LogP contribution in [-0.4, -0.2) is 37.0 Å². The number of benzene rings is 1. The Morgan fingerprint density at radius 3 is 2.55 bits per heavy atom. The lowest BCUT2D eigenvalue weighted by Crippen LogP contribution is -2.25. The van der Waals surface area contributed by atoms with Crippen LogP contribution in [0.3, 0.4) is 0 Å². The molecule has 112 valence electrons. The van der Waals surface area contributed by atoms with Gasteiger partial charge in [0.1, 0.15) is 5.82 Å². The van der Waals surface area contributed by atoms with E-state index in [0.29, 0.717) is 6.54 Å². The van der Waals surface area contributed by atoms with Gasteiger partial charge in [-0.2, -0.15) is 0 Å². The van der Waals surface area contributed by atoms with Crippen LogP contribution >= 0.6 is 0 Å². The molecule has 1 aromatic carbocycles. The van der Waals surface area contributed by atoms with Crippen LogP contribution in [0.5, 0.6) is 0 Å². The third kappa shape index (κ3) is 4.38. The van der Waals surface area contributed by atoms with E-state index < -0.39 is 11.7 Å². The Hall–Kier alpha value is -1.82. The van der Waals surface area contributed by atoms with Gasteiger partial charge in [-0.3, -0.25) is 4.79 Å². The van der Waals surface area contributed by atoms with E-state index in [1.807, 2.05) is 0 Å². The zero-order chi connectivity index (χ0) is 15.1. The number of hydrogen-bond donors (Lipinski definition) is 3. The number of nitrogen functional groups attached to an aromatic ring is 1. The number of anilines is 2. The highest BCUT2D eigenvalue weighted by Gasteiger charge is 2.11. The average Bonchev–Trinajstić information content (AvgIpc) is 2.40. The predicted octanol–water partition coefficient (Wildman–Crippen LogP) is 1.65. The van der Waals surface area contributed by atoms with Crippen LogP contribution in [0.25, 0.3) is 0 Å². The molecule has 0 saturated carbocycles. The molecule has 0 spiro atoms. The molecule has 20 heavy (non-hydrogen) atoms. The molecule has 1 amide bonds. The Bertz CT molecular complexity index is 461. The summed E-state index contributed by atoms with van der Waals surface area (Å²) in [6.07, 6.45) is 0.886. The summed E-state index contributed by atoms with van der Waals surface area (Å²) >= 11 is 0. The second-order valence-corrected chi connectivity index (χ2v) is 4.59. The molecule has 0 unspecified atom stereocenters. The molecule has 0 aliphatic heterocycles. The number of amides is 1. The number of hydrogen-bond acceptors (Lipinski definition) is 4. The molecule has 1 rings (SSSR count). The summed E-state index contributed by atoms with van der Waals surface area (Å²) in [7, 11) is 0. The molecular formula is C14H23FN4O. The van der Waals surface area contributed by atoms with E-state index in [-0.39, 0.29) is 16.9 Å². The number of halogens is 1. The van der Waals surface area contributed by atoms with Crippen molar-refractivity contribution in [1.82, 2.24) is 4.90 Å². The third-order valence-electron chi connectivity index (χ3n) is 3.27. The number of nitrogens with one attached hydrogen (secondary N) is 1. The van der Waals surface area contributed by atoms with Crippen molar-refractivity contribution < 1.29 is 9.18 Å². The molecule has 1 aromatic rings. The highest BCUT2D eigenvalue weighted by atomic mass is 19.1. The summed E-state index contributed by atoms with van der Waals surface area (Å²) in [6, 6.07) is 2.48. The molecule has 0 heterocycles. The van der Waals surface area contributed by atoms with Crippen LogP contribution < -0.4 is 16.8 Å². The standard InChI is InChI=1S/C14H23FN4O/c1-3-19(4-2)7-5-6-18-13-8-10(14(17)20)12(16)9-11(13)15/h8-9,18H,3-7,16H2,1-2H3,(H2,17,20). The van der Waals surface area contributed by atoms with E-state index in [0.717, 1.165) is 32.1 Å². The molecule has 6 heteroatoms. The van der Waals surface area contributed by atoms with Gasteiger partial charge in [0.25, 0.3) is 5.91 Å². The Balaban J connectivity index is 2.60. The van der Waals surface area contributed by atoms with Crippen molar-refractivity contribution in [1.29, 1.82) is 0 Å². The van der Waals surface area contributed by atoms with E-state index in [1.54, 1.807) is 0 Å². The fourth-order valence-corrected chi connectivity index (χ4v) is 2.00. The van der Waals surface area contributed by atoms with Gasteiger partial charge in [-0.25, -0.2) is 4.39 Å². The molecule has 0 aliphatic carbocycles. The monoisotopic (exact) mass is 282 g/mol. The Morgan fingerprint density at radius 2 is 2.00 bits per heavy atom. The van der Waals surface area contributed by atoms with Gasteiger partial charge >= 0.3 is 0 Å². The van der Waals surface area contributed by atoms with Crippen LogP contribution in [0, 0.1) is 5.82 Å². The molecule has 0 bridgehead atoms. The zero-order valence-electron chi connectivity index (χ0n) is 12.1. The van der Waals surface area contributed by atoms with Crippen molar-refractivity contribution in [2.24, 2.45) is 5.73 Å². The van der Waals surface area contributed by atoms with Gasteiger partial charge in [0.2, 0.25) is 0 Å². The normalized spacial score (nSPS) is 10.8. The van der Waals surface area contributed by atoms with Crippen LogP contribution in [0.15, 0.2) is 12.1 Å². The van der Waals surface area contributed by atoms with Crippen molar-refractivity contribution in [3.05, 3.63) is 23.5 Å². The van der Waals surface area contributed by atoms with Crippen LogP contribution in [0.1, 0.15) is 30.6 Å². The maximum Gasteiger partial charge on any atom is 0.250 e. The van der Waals surface area contributed by atoms with E-state index in [1.165, 1.54) is 6.07 Å². The number of rotatable bonds is 8. The molecule has 5 nitrogen and oxygen atoms in total. The summed E-state index contributed by atoms with van der Waals surface area (Å²) < 4.78 is 13.7. The first kappa shape index (κ1) is 16.2. The third-order valence-corrected chi connectivity index (χ3v) is 3.27. The van der Waals surface area contributed by atoms with Gasteiger partial charge in [0.15, 0.2) is 0 Å². The zero-order valence-corrected chi connectivity index (χ0v) is 12.1. The Morgan fingerprint density at radius 1 is 1.35 bits per heavy atom. The number of nitrogens with zero attached hydrogens (tertiary/aromatic N) is 1. The topological polar surface area (TPSA) is 84.4 Å². The first-order valence-electron chi connectivity index (χ1n) is 6.84. The van der Waals surface area contributed by atoms with Gasteiger partial charge in [0, 0.05) is 12.2 Å². The van der Waals surface area contributed by atoms with E-state index in [4.69, 9.17) is 11.5 Å². The van der Waals surface area contributed by atoms with Crippen LogP contribution in [-0.2, 0) is 0 Å². The van der Waals surface area contributed by atoms with E-state index >= 15 is 0 Å². The lowest BCUT2D eigenvalue weighted by molar-refractivity contribution is 0.100. The van der Waals surface area contributed by atoms with Gasteiger partial charge < -0.3 is 21.7 Å². The van der Waals surface area contributed by atoms with Crippen molar-refractivity contribution in [3.63, 3.8) is 0 Å². The predicted molar refractivity (Wildman–Crippen MR) is 80.2 cm³/mol. The fraction of sp³-hybridized carbons (Fsp3) is 0.500. The minimum atomic E-state index is -0.659. The molecule has 0 fully saturated rings. The summed E-state index contributed by atoms with van der Waals surface area (Å²) in [5.74, 6) is -1.14. The van der Waals surface area contributed by atoms with Gasteiger partial charge in [-0.05, 0) is 38.2 Å². The summed E-state index contributed by atoms with van der Waals surface area (Å²) in [5.41, 5.74) is 11.2. The van der Waals surface area contributed by atoms with E-state index in [9.17, 15) is 9.18 Å². The number of carbonyl (C=O) groups is 1. The van der Waals surface area contributed by atoms with E-state index in [2.05, 4.69) is 24.1 Å². The molecule has 0 aliphatic rings. The van der Waals surface area contributed by atoms with Crippen molar-refractivity contribution in [2.75, 3.05) is 37.2 Å². The second-order valence-electron chi connectivity index (χ2n) is 4.59. The molecule has 5 N–H and O–H groups in total. The summed E-state index contributed by atoms with van der Waals surface area (Å²) in [6.45, 7) is 7.78. The van der Waals surface area contributed by atoms with Gasteiger partial charge in [0.05, 0.1) is 11.3 Å². The molecule has 0 aromatic heterocycles. The number of carbonyl (C=O) groups excluding carboxylic acids is 1. The number of nitrogens with two attached hydrogens (primary N) is 2. The minimum Gasteiger partial charge on any atom is -0.398 e. The SMILES string of the molecule is CCN(CC)CCCNc1cc(C(N)=O)c(N)cc1F. The van der Waals surface area contributed by atoms with Crippen molar-refractivity contribution in [2.45, 2.75) is 20.3 Å². The molecule has 0 saturated heterocycles. The maximum atomic E-state index is 13.7. The smallest absolute Gasteiger partial charge is 0.250 e. The Labute approximate surface area is 119 Å². The van der Waals surface area contributed by atoms with Crippen LogP contribution in [0.2, 0.25) is 0 Å². The lowest BCUT2D eigenvalue weighted by atomic mass is 10.1. The average molecular weight is 282 g/mol.